The number of carbonyl (C=O) groups is 1. The minimum atomic E-state index is 0.0699. The van der Waals surface area contributed by atoms with Gasteiger partial charge in [-0.1, -0.05) is 24.3 Å². The van der Waals surface area contributed by atoms with Crippen molar-refractivity contribution < 1.29 is 4.79 Å². The zero-order chi connectivity index (χ0) is 19.5. The summed E-state index contributed by atoms with van der Waals surface area (Å²) in [5.41, 5.74) is 4.33. The minimum Gasteiger partial charge on any atom is -0.328 e. The maximum atomic E-state index is 12.4. The number of nitrogens with zero attached hydrogens (tertiary/aromatic N) is 3. The summed E-state index contributed by atoms with van der Waals surface area (Å²) in [6.07, 6.45) is 2.23. The molecule has 1 amide bonds. The van der Waals surface area contributed by atoms with Gasteiger partial charge in [0, 0.05) is 12.2 Å². The van der Waals surface area contributed by atoms with Gasteiger partial charge in [-0.05, 0) is 75.5 Å². The Morgan fingerprint density at radius 1 is 1.11 bits per heavy atom. The first kappa shape index (κ1) is 18.7. The Bertz CT molecular complexity index is 970. The number of anilines is 1. The standard InChI is InChI=1S/C23H28N4O/c1-17-6-5-7-20(14-17)25-23(28)16-26-12-10-19(11-13-26)15-27-18(2)24-21-8-3-4-9-22(21)27/h3-9,14,19H,10-13,15-16H2,1-2H3,(H,25,28). The van der Waals surface area contributed by atoms with Crippen LogP contribution in [0, 0.1) is 19.8 Å². The van der Waals surface area contributed by atoms with Crippen molar-refractivity contribution in [3.8, 4) is 0 Å². The topological polar surface area (TPSA) is 50.2 Å². The van der Waals surface area contributed by atoms with E-state index >= 15 is 0 Å². The number of amides is 1. The lowest BCUT2D eigenvalue weighted by Gasteiger charge is -2.31. The van der Waals surface area contributed by atoms with Crippen LogP contribution >= 0.6 is 0 Å². The second-order valence-corrected chi connectivity index (χ2v) is 7.90. The van der Waals surface area contributed by atoms with Crippen molar-refractivity contribution in [3.63, 3.8) is 0 Å². The number of aryl methyl sites for hydroxylation is 2. The summed E-state index contributed by atoms with van der Waals surface area (Å²) in [6, 6.07) is 16.3. The zero-order valence-electron chi connectivity index (χ0n) is 16.7. The summed E-state index contributed by atoms with van der Waals surface area (Å²) < 4.78 is 2.35. The van der Waals surface area contributed by atoms with E-state index in [1.54, 1.807) is 0 Å². The van der Waals surface area contributed by atoms with Gasteiger partial charge in [0.2, 0.25) is 5.91 Å². The summed E-state index contributed by atoms with van der Waals surface area (Å²) in [6.45, 7) is 7.54. The highest BCUT2D eigenvalue weighted by Gasteiger charge is 2.22. The van der Waals surface area contributed by atoms with Crippen LogP contribution in [-0.2, 0) is 11.3 Å². The van der Waals surface area contributed by atoms with Crippen molar-refractivity contribution in [2.75, 3.05) is 25.0 Å². The molecule has 1 aliphatic heterocycles. The molecule has 4 rings (SSSR count). The smallest absolute Gasteiger partial charge is 0.238 e. The third kappa shape index (κ3) is 4.25. The molecule has 1 saturated heterocycles. The fourth-order valence-electron chi connectivity index (χ4n) is 4.14. The highest BCUT2D eigenvalue weighted by molar-refractivity contribution is 5.92. The van der Waals surface area contributed by atoms with E-state index in [0.717, 1.165) is 55.1 Å². The molecule has 3 aromatic rings. The first-order valence-electron chi connectivity index (χ1n) is 10.1. The van der Waals surface area contributed by atoms with E-state index in [2.05, 4.69) is 44.9 Å². The van der Waals surface area contributed by atoms with Crippen molar-refractivity contribution >= 4 is 22.6 Å². The number of rotatable bonds is 5. The molecule has 5 nitrogen and oxygen atoms in total. The number of benzene rings is 2. The summed E-state index contributed by atoms with van der Waals surface area (Å²) in [7, 11) is 0. The Morgan fingerprint density at radius 2 is 1.89 bits per heavy atom. The predicted molar refractivity (Wildman–Crippen MR) is 113 cm³/mol. The summed E-state index contributed by atoms with van der Waals surface area (Å²) in [5.74, 6) is 1.79. The van der Waals surface area contributed by atoms with E-state index < -0.39 is 0 Å². The number of nitrogens with one attached hydrogen (secondary N) is 1. The molecule has 0 radical (unpaired) electrons. The van der Waals surface area contributed by atoms with Crippen LogP contribution in [-0.4, -0.2) is 40.0 Å². The predicted octanol–water partition coefficient (Wildman–Crippen LogP) is 4.00. The fraction of sp³-hybridized carbons (Fsp3) is 0.391. The Balaban J connectivity index is 1.29. The fourth-order valence-corrected chi connectivity index (χ4v) is 4.14. The molecule has 2 aromatic carbocycles. The van der Waals surface area contributed by atoms with Crippen molar-refractivity contribution in [1.82, 2.24) is 14.5 Å². The lowest BCUT2D eigenvalue weighted by atomic mass is 9.96. The lowest BCUT2D eigenvalue weighted by molar-refractivity contribution is -0.117. The van der Waals surface area contributed by atoms with Gasteiger partial charge in [-0.25, -0.2) is 4.98 Å². The van der Waals surface area contributed by atoms with Gasteiger partial charge in [0.15, 0.2) is 0 Å². The van der Waals surface area contributed by atoms with E-state index in [4.69, 9.17) is 0 Å². The van der Waals surface area contributed by atoms with Crippen molar-refractivity contribution in [2.45, 2.75) is 33.2 Å². The monoisotopic (exact) mass is 376 g/mol. The molecular weight excluding hydrogens is 348 g/mol. The van der Waals surface area contributed by atoms with E-state index in [-0.39, 0.29) is 5.91 Å². The maximum absolute atomic E-state index is 12.4. The molecule has 28 heavy (non-hydrogen) atoms. The minimum absolute atomic E-state index is 0.0699. The van der Waals surface area contributed by atoms with Crippen molar-refractivity contribution in [1.29, 1.82) is 0 Å². The van der Waals surface area contributed by atoms with Crippen LogP contribution in [0.3, 0.4) is 0 Å². The number of piperidine rings is 1. The molecule has 1 aliphatic rings. The highest BCUT2D eigenvalue weighted by atomic mass is 16.2. The van der Waals surface area contributed by atoms with Crippen molar-refractivity contribution in [3.05, 3.63) is 59.9 Å². The van der Waals surface area contributed by atoms with Gasteiger partial charge in [-0.15, -0.1) is 0 Å². The van der Waals surface area contributed by atoms with Gasteiger partial charge in [0.25, 0.3) is 0 Å². The van der Waals surface area contributed by atoms with Crippen LogP contribution in [0.25, 0.3) is 11.0 Å². The quantitative estimate of drug-likeness (QED) is 0.732. The van der Waals surface area contributed by atoms with Gasteiger partial charge >= 0.3 is 0 Å². The second kappa shape index (κ2) is 8.15. The van der Waals surface area contributed by atoms with Crippen LogP contribution in [0.2, 0.25) is 0 Å². The van der Waals surface area contributed by atoms with Crippen molar-refractivity contribution in [2.24, 2.45) is 5.92 Å². The molecule has 0 spiro atoms. The van der Waals surface area contributed by atoms with Gasteiger partial charge in [0.05, 0.1) is 17.6 Å². The van der Waals surface area contributed by atoms with Crippen LogP contribution in [0.15, 0.2) is 48.5 Å². The third-order valence-electron chi connectivity index (χ3n) is 5.66. The number of imidazole rings is 1. The number of likely N-dealkylation sites (tertiary alicyclic amines) is 1. The molecule has 1 aromatic heterocycles. The van der Waals surface area contributed by atoms with E-state index in [1.165, 1.54) is 5.52 Å². The molecule has 1 fully saturated rings. The molecule has 0 unspecified atom stereocenters. The van der Waals surface area contributed by atoms with Gasteiger partial charge in [0.1, 0.15) is 5.82 Å². The van der Waals surface area contributed by atoms with Gasteiger partial charge < -0.3 is 9.88 Å². The Kier molecular flexibility index (Phi) is 5.44. The molecule has 2 heterocycles. The number of fused-ring (bicyclic) bond motifs is 1. The number of hydrogen-bond donors (Lipinski definition) is 1. The molecule has 5 heteroatoms. The van der Waals surface area contributed by atoms with Crippen LogP contribution in [0.1, 0.15) is 24.2 Å². The van der Waals surface area contributed by atoms with E-state index in [0.29, 0.717) is 12.5 Å². The van der Waals surface area contributed by atoms with Gasteiger partial charge in [-0.2, -0.15) is 0 Å². The molecule has 0 atom stereocenters. The summed E-state index contributed by atoms with van der Waals surface area (Å²) in [5, 5.41) is 3.01. The first-order chi connectivity index (χ1) is 13.6. The number of aromatic nitrogens is 2. The Morgan fingerprint density at radius 3 is 2.68 bits per heavy atom. The molecule has 0 aliphatic carbocycles. The lowest BCUT2D eigenvalue weighted by Crippen LogP contribution is -2.40. The van der Waals surface area contributed by atoms with Crippen LogP contribution in [0.4, 0.5) is 5.69 Å². The molecule has 0 saturated carbocycles. The van der Waals surface area contributed by atoms with Crippen LogP contribution in [0.5, 0.6) is 0 Å². The summed E-state index contributed by atoms with van der Waals surface area (Å²) >= 11 is 0. The Hall–Kier alpha value is -2.66. The Labute approximate surface area is 166 Å². The number of carbonyl (C=O) groups excluding carboxylic acids is 1. The van der Waals surface area contributed by atoms with E-state index in [9.17, 15) is 4.79 Å². The second-order valence-electron chi connectivity index (χ2n) is 7.90. The van der Waals surface area contributed by atoms with Gasteiger partial charge in [-0.3, -0.25) is 9.69 Å². The highest BCUT2D eigenvalue weighted by Crippen LogP contribution is 2.23. The molecule has 1 N–H and O–H groups in total. The maximum Gasteiger partial charge on any atom is 0.238 e. The molecular formula is C23H28N4O. The van der Waals surface area contributed by atoms with E-state index in [1.807, 2.05) is 37.3 Å². The average Bonchev–Trinajstić information content (AvgIpc) is 2.99. The summed E-state index contributed by atoms with van der Waals surface area (Å²) in [4.78, 5) is 19.3. The number of para-hydroxylation sites is 2. The molecule has 0 bridgehead atoms. The SMILES string of the molecule is Cc1cccc(NC(=O)CN2CCC(Cn3c(C)nc4ccccc43)CC2)c1. The normalized spacial score (nSPS) is 15.8. The average molecular weight is 377 g/mol. The largest absolute Gasteiger partial charge is 0.328 e. The molecule has 146 valence electrons. The third-order valence-corrected chi connectivity index (χ3v) is 5.66. The zero-order valence-corrected chi connectivity index (χ0v) is 16.7. The number of hydrogen-bond acceptors (Lipinski definition) is 3. The van der Waals surface area contributed by atoms with Crippen LogP contribution < -0.4 is 5.32 Å². The first-order valence-corrected chi connectivity index (χ1v) is 10.1.